The van der Waals surface area contributed by atoms with Gasteiger partial charge < -0.3 is 20.3 Å². The number of rotatable bonds is 7. The lowest BCUT2D eigenvalue weighted by Gasteiger charge is -2.35. The second-order valence-electron chi connectivity index (χ2n) is 6.51. The number of hydrogen-bond donors (Lipinski definition) is 2. The number of hydrogen-bond acceptors (Lipinski definition) is 4. The number of esters is 1. The van der Waals surface area contributed by atoms with Crippen LogP contribution in [0, 0.1) is 0 Å². The van der Waals surface area contributed by atoms with Gasteiger partial charge in [0.2, 0.25) is 0 Å². The van der Waals surface area contributed by atoms with E-state index in [-0.39, 0.29) is 0 Å². The first kappa shape index (κ1) is 20.9. The maximum Gasteiger partial charge on any atom is 0.339 e. The summed E-state index contributed by atoms with van der Waals surface area (Å²) >= 11 is 11.4. The SMILES string of the molecule is CC[C@@H]1CCCCN1CCCNC(=S)Nc1ccc(Cl)c(C(=O)OC)c1. The molecule has 7 heteroatoms. The predicted molar refractivity (Wildman–Crippen MR) is 111 cm³/mol. The Morgan fingerprint density at radius 3 is 2.96 bits per heavy atom. The van der Waals surface area contributed by atoms with Crippen molar-refractivity contribution in [2.75, 3.05) is 32.1 Å². The van der Waals surface area contributed by atoms with Gasteiger partial charge in [-0.05, 0) is 62.6 Å². The van der Waals surface area contributed by atoms with E-state index >= 15 is 0 Å². The highest BCUT2D eigenvalue weighted by Gasteiger charge is 2.19. The number of anilines is 1. The molecule has 1 saturated heterocycles. The predicted octanol–water partition coefficient (Wildman–Crippen LogP) is 4.07. The third-order valence-corrected chi connectivity index (χ3v) is 5.33. The molecule has 0 amide bonds. The Labute approximate surface area is 166 Å². The van der Waals surface area contributed by atoms with Crippen molar-refractivity contribution in [3.05, 3.63) is 28.8 Å². The molecule has 0 aromatic heterocycles. The van der Waals surface area contributed by atoms with Crippen molar-refractivity contribution in [2.45, 2.75) is 45.1 Å². The Kier molecular flexibility index (Phi) is 8.62. The fraction of sp³-hybridized carbons (Fsp3) is 0.579. The standard InChI is InChI=1S/C19H28ClN3O2S/c1-3-15-7-4-5-11-23(15)12-6-10-21-19(26)22-14-8-9-17(20)16(13-14)18(24)25-2/h8-9,13,15H,3-7,10-12H2,1-2H3,(H2,21,22,26)/t15-/m1/s1. The lowest BCUT2D eigenvalue weighted by Crippen LogP contribution is -2.40. The maximum atomic E-state index is 11.7. The molecule has 1 heterocycles. The van der Waals surface area contributed by atoms with Crippen LogP contribution in [0.4, 0.5) is 5.69 Å². The first-order chi connectivity index (χ1) is 12.5. The van der Waals surface area contributed by atoms with Crippen molar-refractivity contribution in [1.82, 2.24) is 10.2 Å². The lowest BCUT2D eigenvalue weighted by atomic mass is 10.00. The fourth-order valence-electron chi connectivity index (χ4n) is 3.35. The summed E-state index contributed by atoms with van der Waals surface area (Å²) in [6.07, 6.45) is 6.26. The first-order valence-electron chi connectivity index (χ1n) is 9.22. The summed E-state index contributed by atoms with van der Waals surface area (Å²) in [6.45, 7) is 5.40. The number of ether oxygens (including phenoxy) is 1. The maximum absolute atomic E-state index is 11.7. The number of thiocarbonyl (C=S) groups is 1. The monoisotopic (exact) mass is 397 g/mol. The molecule has 1 aliphatic rings. The molecular weight excluding hydrogens is 370 g/mol. The van der Waals surface area contributed by atoms with Gasteiger partial charge in [-0.15, -0.1) is 0 Å². The Morgan fingerprint density at radius 1 is 1.42 bits per heavy atom. The van der Waals surface area contributed by atoms with Gasteiger partial charge in [0, 0.05) is 24.8 Å². The summed E-state index contributed by atoms with van der Waals surface area (Å²) in [5.74, 6) is -0.468. The molecule has 1 aromatic rings. The number of methoxy groups -OCH3 is 1. The Bertz CT molecular complexity index is 627. The van der Waals surface area contributed by atoms with E-state index in [4.69, 9.17) is 28.6 Å². The molecule has 0 aliphatic carbocycles. The molecule has 1 aliphatic heterocycles. The summed E-state index contributed by atoms with van der Waals surface area (Å²) in [4.78, 5) is 14.3. The minimum Gasteiger partial charge on any atom is -0.465 e. The molecule has 0 radical (unpaired) electrons. The molecule has 0 bridgehead atoms. The van der Waals surface area contributed by atoms with Crippen LogP contribution < -0.4 is 10.6 Å². The number of likely N-dealkylation sites (tertiary alicyclic amines) is 1. The highest BCUT2D eigenvalue weighted by Crippen LogP contribution is 2.21. The first-order valence-corrected chi connectivity index (χ1v) is 10.0. The van der Waals surface area contributed by atoms with E-state index in [2.05, 4.69) is 22.5 Å². The summed E-state index contributed by atoms with van der Waals surface area (Å²) in [5.41, 5.74) is 1.02. The van der Waals surface area contributed by atoms with Crippen molar-refractivity contribution < 1.29 is 9.53 Å². The Hall–Kier alpha value is -1.37. The lowest BCUT2D eigenvalue weighted by molar-refractivity contribution is 0.0601. The zero-order chi connectivity index (χ0) is 18.9. The second kappa shape index (κ2) is 10.7. The van der Waals surface area contributed by atoms with Gasteiger partial charge in [0.15, 0.2) is 5.11 Å². The smallest absolute Gasteiger partial charge is 0.339 e. The molecule has 5 nitrogen and oxygen atoms in total. The minimum atomic E-state index is -0.468. The van der Waals surface area contributed by atoms with Crippen LogP contribution in [0.25, 0.3) is 0 Å². The molecular formula is C19H28ClN3O2S. The van der Waals surface area contributed by atoms with Gasteiger partial charge in [-0.3, -0.25) is 0 Å². The van der Waals surface area contributed by atoms with Crippen LogP contribution in [0.5, 0.6) is 0 Å². The number of nitrogens with zero attached hydrogens (tertiary/aromatic N) is 1. The van der Waals surface area contributed by atoms with Crippen LogP contribution in [0.3, 0.4) is 0 Å². The largest absolute Gasteiger partial charge is 0.465 e. The van der Waals surface area contributed by atoms with Crippen LogP contribution >= 0.6 is 23.8 Å². The van der Waals surface area contributed by atoms with E-state index in [1.807, 2.05) is 0 Å². The molecule has 1 atom stereocenters. The van der Waals surface area contributed by atoms with Crippen molar-refractivity contribution in [3.8, 4) is 0 Å². The van der Waals surface area contributed by atoms with E-state index < -0.39 is 5.97 Å². The summed E-state index contributed by atoms with van der Waals surface area (Å²) in [5, 5.41) is 7.20. The van der Waals surface area contributed by atoms with Crippen molar-refractivity contribution >= 4 is 40.6 Å². The van der Waals surface area contributed by atoms with Gasteiger partial charge in [-0.2, -0.15) is 0 Å². The molecule has 2 N–H and O–H groups in total. The number of nitrogens with one attached hydrogen (secondary N) is 2. The normalized spacial score (nSPS) is 17.6. The van der Waals surface area contributed by atoms with E-state index in [9.17, 15) is 4.79 Å². The zero-order valence-electron chi connectivity index (χ0n) is 15.5. The summed E-state index contributed by atoms with van der Waals surface area (Å²) in [6, 6.07) is 5.81. The van der Waals surface area contributed by atoms with E-state index in [0.717, 1.165) is 25.6 Å². The second-order valence-corrected chi connectivity index (χ2v) is 7.33. The van der Waals surface area contributed by atoms with Crippen LogP contribution in [-0.2, 0) is 4.74 Å². The third kappa shape index (κ3) is 6.11. The molecule has 26 heavy (non-hydrogen) atoms. The molecule has 1 fully saturated rings. The van der Waals surface area contributed by atoms with Crippen molar-refractivity contribution in [1.29, 1.82) is 0 Å². The van der Waals surface area contributed by atoms with E-state index in [1.54, 1.807) is 18.2 Å². The molecule has 0 spiro atoms. The average Bonchev–Trinajstić information content (AvgIpc) is 2.66. The van der Waals surface area contributed by atoms with Crippen LogP contribution in [-0.4, -0.2) is 48.8 Å². The number of carbonyl (C=O) groups is 1. The Balaban J connectivity index is 1.76. The fourth-order valence-corrected chi connectivity index (χ4v) is 3.76. The van der Waals surface area contributed by atoms with Gasteiger partial charge in [0.05, 0.1) is 17.7 Å². The minimum absolute atomic E-state index is 0.317. The molecule has 0 saturated carbocycles. The van der Waals surface area contributed by atoms with Crippen molar-refractivity contribution in [3.63, 3.8) is 0 Å². The van der Waals surface area contributed by atoms with Crippen LogP contribution in [0.1, 0.15) is 49.4 Å². The summed E-state index contributed by atoms with van der Waals surface area (Å²) < 4.78 is 4.73. The molecule has 1 aromatic carbocycles. The molecule has 2 rings (SSSR count). The van der Waals surface area contributed by atoms with Gasteiger partial charge in [0.25, 0.3) is 0 Å². The third-order valence-electron chi connectivity index (χ3n) is 4.76. The van der Waals surface area contributed by atoms with Crippen LogP contribution in [0.15, 0.2) is 18.2 Å². The molecule has 0 unspecified atom stereocenters. The topological polar surface area (TPSA) is 53.6 Å². The number of piperidine rings is 1. The highest BCUT2D eigenvalue weighted by atomic mass is 35.5. The van der Waals surface area contributed by atoms with E-state index in [1.165, 1.54) is 39.3 Å². The van der Waals surface area contributed by atoms with Crippen LogP contribution in [0.2, 0.25) is 5.02 Å². The van der Waals surface area contributed by atoms with Gasteiger partial charge in [0.1, 0.15) is 0 Å². The quantitative estimate of drug-likeness (QED) is 0.411. The van der Waals surface area contributed by atoms with Gasteiger partial charge >= 0.3 is 5.97 Å². The van der Waals surface area contributed by atoms with E-state index in [0.29, 0.717) is 21.4 Å². The summed E-state index contributed by atoms with van der Waals surface area (Å²) in [7, 11) is 1.33. The number of halogens is 1. The zero-order valence-corrected chi connectivity index (χ0v) is 17.1. The average molecular weight is 398 g/mol. The van der Waals surface area contributed by atoms with Gasteiger partial charge in [-0.1, -0.05) is 24.9 Å². The number of benzene rings is 1. The highest BCUT2D eigenvalue weighted by molar-refractivity contribution is 7.80. The number of carbonyl (C=O) groups excluding carboxylic acids is 1. The van der Waals surface area contributed by atoms with Crippen molar-refractivity contribution in [2.24, 2.45) is 0 Å². The van der Waals surface area contributed by atoms with Gasteiger partial charge in [-0.25, -0.2) is 4.79 Å². The molecule has 144 valence electrons. The Morgan fingerprint density at radius 2 is 2.23 bits per heavy atom.